The summed E-state index contributed by atoms with van der Waals surface area (Å²) in [6, 6.07) is 0. The van der Waals surface area contributed by atoms with E-state index < -0.39 is 0 Å². The van der Waals surface area contributed by atoms with Gasteiger partial charge in [0.25, 0.3) is 0 Å². The first kappa shape index (κ1) is 14.1. The Morgan fingerprint density at radius 1 is 1.50 bits per heavy atom. The van der Waals surface area contributed by atoms with E-state index in [9.17, 15) is 4.79 Å². The SMILES string of the molecule is CCOC(=O)NCCN(C)C.Cl. The molecule has 0 saturated heterocycles. The lowest BCUT2D eigenvalue weighted by Gasteiger charge is -2.09. The van der Waals surface area contributed by atoms with Gasteiger partial charge in [-0.25, -0.2) is 4.79 Å². The topological polar surface area (TPSA) is 41.6 Å². The average molecular weight is 197 g/mol. The van der Waals surface area contributed by atoms with E-state index in [1.165, 1.54) is 0 Å². The van der Waals surface area contributed by atoms with Crippen LogP contribution >= 0.6 is 12.4 Å². The number of hydrogen-bond donors (Lipinski definition) is 1. The fourth-order valence-electron chi connectivity index (χ4n) is 0.564. The highest BCUT2D eigenvalue weighted by molar-refractivity contribution is 5.85. The van der Waals surface area contributed by atoms with E-state index in [1.54, 1.807) is 6.92 Å². The molecule has 0 aromatic rings. The van der Waals surface area contributed by atoms with Gasteiger partial charge in [0.15, 0.2) is 0 Å². The summed E-state index contributed by atoms with van der Waals surface area (Å²) in [5.41, 5.74) is 0. The van der Waals surface area contributed by atoms with Crippen molar-refractivity contribution in [2.45, 2.75) is 6.92 Å². The van der Waals surface area contributed by atoms with Gasteiger partial charge in [-0.05, 0) is 21.0 Å². The van der Waals surface area contributed by atoms with Gasteiger partial charge in [0.1, 0.15) is 0 Å². The highest BCUT2D eigenvalue weighted by Crippen LogP contribution is 1.76. The lowest BCUT2D eigenvalue weighted by atomic mass is 10.6. The third kappa shape index (κ3) is 9.52. The standard InChI is InChI=1S/C7H16N2O2.ClH/c1-4-11-7(10)8-5-6-9(2)3;/h4-6H2,1-3H3,(H,8,10);1H. The zero-order valence-corrected chi connectivity index (χ0v) is 8.61. The molecule has 0 spiro atoms. The Kier molecular flexibility index (Phi) is 10.1. The van der Waals surface area contributed by atoms with Gasteiger partial charge >= 0.3 is 6.09 Å². The van der Waals surface area contributed by atoms with Gasteiger partial charge in [-0.3, -0.25) is 0 Å². The molecule has 12 heavy (non-hydrogen) atoms. The van der Waals surface area contributed by atoms with Crippen LogP contribution in [0.3, 0.4) is 0 Å². The van der Waals surface area contributed by atoms with Crippen molar-refractivity contribution in [1.29, 1.82) is 0 Å². The molecule has 0 atom stereocenters. The van der Waals surface area contributed by atoms with Gasteiger partial charge in [-0.15, -0.1) is 12.4 Å². The minimum Gasteiger partial charge on any atom is -0.450 e. The number of nitrogens with zero attached hydrogens (tertiary/aromatic N) is 1. The molecule has 0 aliphatic carbocycles. The number of halogens is 1. The molecular weight excluding hydrogens is 180 g/mol. The second-order valence-corrected chi connectivity index (χ2v) is 2.45. The van der Waals surface area contributed by atoms with Crippen molar-refractivity contribution in [2.24, 2.45) is 0 Å². The van der Waals surface area contributed by atoms with Crippen LogP contribution in [0.15, 0.2) is 0 Å². The summed E-state index contributed by atoms with van der Waals surface area (Å²) in [7, 11) is 3.90. The molecule has 0 bridgehead atoms. The Morgan fingerprint density at radius 2 is 2.08 bits per heavy atom. The first-order chi connectivity index (χ1) is 5.16. The van der Waals surface area contributed by atoms with Gasteiger partial charge in [0, 0.05) is 13.1 Å². The van der Waals surface area contributed by atoms with Crippen molar-refractivity contribution < 1.29 is 9.53 Å². The highest BCUT2D eigenvalue weighted by atomic mass is 35.5. The molecule has 0 unspecified atom stereocenters. The number of likely N-dealkylation sites (N-methyl/N-ethyl adjacent to an activating group) is 1. The first-order valence-electron chi connectivity index (χ1n) is 3.72. The van der Waals surface area contributed by atoms with Crippen LogP contribution in [0.5, 0.6) is 0 Å². The number of amides is 1. The van der Waals surface area contributed by atoms with E-state index in [0.717, 1.165) is 6.54 Å². The third-order valence-electron chi connectivity index (χ3n) is 1.10. The lowest BCUT2D eigenvalue weighted by molar-refractivity contribution is 0.151. The quantitative estimate of drug-likeness (QED) is 0.721. The van der Waals surface area contributed by atoms with Crippen LogP contribution in [-0.2, 0) is 4.74 Å². The molecule has 1 amide bonds. The molecule has 1 N–H and O–H groups in total. The van der Waals surface area contributed by atoms with Crippen LogP contribution in [-0.4, -0.2) is 44.8 Å². The van der Waals surface area contributed by atoms with E-state index in [-0.39, 0.29) is 18.5 Å². The van der Waals surface area contributed by atoms with E-state index in [0.29, 0.717) is 13.2 Å². The Bertz CT molecular complexity index is 120. The lowest BCUT2D eigenvalue weighted by Crippen LogP contribution is -2.31. The summed E-state index contributed by atoms with van der Waals surface area (Å²) in [5, 5.41) is 2.61. The molecule has 0 aliphatic heterocycles. The maximum atomic E-state index is 10.7. The zero-order valence-electron chi connectivity index (χ0n) is 7.79. The summed E-state index contributed by atoms with van der Waals surface area (Å²) in [4.78, 5) is 12.7. The van der Waals surface area contributed by atoms with Gasteiger partial charge in [-0.1, -0.05) is 0 Å². The number of carbonyl (C=O) groups is 1. The molecule has 0 rings (SSSR count). The first-order valence-corrected chi connectivity index (χ1v) is 3.72. The molecule has 0 fully saturated rings. The number of nitrogens with one attached hydrogen (secondary N) is 1. The van der Waals surface area contributed by atoms with Crippen LogP contribution < -0.4 is 5.32 Å². The molecule has 0 heterocycles. The Labute approximate surface area is 79.7 Å². The number of ether oxygens (including phenoxy) is 1. The normalized spacial score (nSPS) is 9.00. The second kappa shape index (κ2) is 8.62. The molecule has 5 heteroatoms. The molecule has 0 saturated carbocycles. The van der Waals surface area contributed by atoms with Crippen LogP contribution in [0.4, 0.5) is 4.79 Å². The molecule has 0 aromatic heterocycles. The maximum absolute atomic E-state index is 10.7. The van der Waals surface area contributed by atoms with Crippen molar-refractivity contribution in [2.75, 3.05) is 33.8 Å². The predicted molar refractivity (Wildman–Crippen MR) is 50.8 cm³/mol. The monoisotopic (exact) mass is 196 g/mol. The summed E-state index contributed by atoms with van der Waals surface area (Å²) < 4.78 is 4.66. The predicted octanol–water partition coefficient (Wildman–Crippen LogP) is 0.716. The minimum absolute atomic E-state index is 0. The molecule has 74 valence electrons. The van der Waals surface area contributed by atoms with Gasteiger partial charge in [0.05, 0.1) is 6.61 Å². The summed E-state index contributed by atoms with van der Waals surface area (Å²) in [6.07, 6.45) is -0.339. The molecule has 0 aromatic carbocycles. The Balaban J connectivity index is 0. The van der Waals surface area contributed by atoms with Crippen molar-refractivity contribution in [3.63, 3.8) is 0 Å². The molecular formula is C7H17ClN2O2. The number of alkyl carbamates (subject to hydrolysis) is 1. The van der Waals surface area contributed by atoms with Crippen LogP contribution in [0.2, 0.25) is 0 Å². The van der Waals surface area contributed by atoms with Crippen LogP contribution in [0.25, 0.3) is 0 Å². The van der Waals surface area contributed by atoms with E-state index >= 15 is 0 Å². The van der Waals surface area contributed by atoms with E-state index in [4.69, 9.17) is 0 Å². The third-order valence-corrected chi connectivity index (χ3v) is 1.10. The summed E-state index contributed by atoms with van der Waals surface area (Å²) >= 11 is 0. The van der Waals surface area contributed by atoms with E-state index in [2.05, 4.69) is 10.1 Å². The largest absolute Gasteiger partial charge is 0.450 e. The fourth-order valence-corrected chi connectivity index (χ4v) is 0.564. The van der Waals surface area contributed by atoms with Crippen molar-refractivity contribution in [3.8, 4) is 0 Å². The number of hydrogen-bond acceptors (Lipinski definition) is 3. The fraction of sp³-hybridized carbons (Fsp3) is 0.857. The minimum atomic E-state index is -0.339. The average Bonchev–Trinajstić information content (AvgIpc) is 1.87. The molecule has 0 radical (unpaired) electrons. The van der Waals surface area contributed by atoms with Gasteiger partial charge < -0.3 is 15.0 Å². The number of carbonyl (C=O) groups excluding carboxylic acids is 1. The highest BCUT2D eigenvalue weighted by Gasteiger charge is 1.97. The Hall–Kier alpha value is -0.480. The molecule has 4 nitrogen and oxygen atoms in total. The zero-order chi connectivity index (χ0) is 8.69. The second-order valence-electron chi connectivity index (χ2n) is 2.45. The maximum Gasteiger partial charge on any atom is 0.407 e. The Morgan fingerprint density at radius 3 is 2.50 bits per heavy atom. The smallest absolute Gasteiger partial charge is 0.407 e. The van der Waals surface area contributed by atoms with Gasteiger partial charge in [-0.2, -0.15) is 0 Å². The summed E-state index contributed by atoms with van der Waals surface area (Å²) in [6.45, 7) is 3.67. The van der Waals surface area contributed by atoms with E-state index in [1.807, 2.05) is 19.0 Å². The number of rotatable bonds is 4. The van der Waals surface area contributed by atoms with Crippen LogP contribution in [0.1, 0.15) is 6.92 Å². The van der Waals surface area contributed by atoms with Crippen molar-refractivity contribution in [1.82, 2.24) is 10.2 Å². The van der Waals surface area contributed by atoms with Gasteiger partial charge in [0.2, 0.25) is 0 Å². The molecule has 0 aliphatic rings. The van der Waals surface area contributed by atoms with Crippen molar-refractivity contribution in [3.05, 3.63) is 0 Å². The summed E-state index contributed by atoms with van der Waals surface area (Å²) in [5.74, 6) is 0. The van der Waals surface area contributed by atoms with Crippen molar-refractivity contribution >= 4 is 18.5 Å². The van der Waals surface area contributed by atoms with Crippen LogP contribution in [0, 0.1) is 0 Å².